The van der Waals surface area contributed by atoms with Crippen LogP contribution >= 0.6 is 0 Å². The van der Waals surface area contributed by atoms with E-state index < -0.39 is 0 Å². The van der Waals surface area contributed by atoms with Crippen LogP contribution < -0.4 is 20.1 Å². The second kappa shape index (κ2) is 9.60. The lowest BCUT2D eigenvalue weighted by atomic mass is 10.0. The van der Waals surface area contributed by atoms with Gasteiger partial charge in [0.25, 0.3) is 0 Å². The van der Waals surface area contributed by atoms with Crippen molar-refractivity contribution < 1.29 is 14.3 Å². The van der Waals surface area contributed by atoms with E-state index in [1.807, 2.05) is 24.3 Å². The Morgan fingerprint density at radius 1 is 1.15 bits per heavy atom. The molecule has 1 amide bonds. The smallest absolute Gasteiger partial charge is 0.229 e. The molecule has 7 nitrogen and oxygen atoms in total. The molecule has 0 radical (unpaired) electrons. The number of amides is 1. The van der Waals surface area contributed by atoms with Crippen molar-refractivity contribution in [3.05, 3.63) is 35.9 Å². The van der Waals surface area contributed by atoms with Crippen LogP contribution in [0.15, 0.2) is 30.3 Å². The van der Waals surface area contributed by atoms with Crippen molar-refractivity contribution in [3.8, 4) is 11.8 Å². The molecule has 2 aromatic rings. The van der Waals surface area contributed by atoms with E-state index in [1.165, 1.54) is 14.2 Å². The lowest BCUT2D eigenvalue weighted by molar-refractivity contribution is -0.117. The normalized spacial score (nSPS) is 11.5. The van der Waals surface area contributed by atoms with E-state index in [4.69, 9.17) is 9.47 Å². The highest BCUT2D eigenvalue weighted by Gasteiger charge is 2.11. The number of hydrogen-bond donors (Lipinski definition) is 2. The number of methoxy groups -OCH3 is 2. The molecule has 2 rings (SSSR count). The van der Waals surface area contributed by atoms with Crippen molar-refractivity contribution in [2.24, 2.45) is 5.92 Å². The van der Waals surface area contributed by atoms with Gasteiger partial charge in [0.2, 0.25) is 23.6 Å². The van der Waals surface area contributed by atoms with Crippen LogP contribution in [0.1, 0.15) is 32.3 Å². The van der Waals surface area contributed by atoms with Crippen LogP contribution in [0.25, 0.3) is 0 Å². The summed E-state index contributed by atoms with van der Waals surface area (Å²) in [4.78, 5) is 20.7. The third-order valence-corrected chi connectivity index (χ3v) is 4.06. The zero-order chi connectivity index (χ0) is 18.9. The number of carbonyl (C=O) groups is 1. The predicted molar refractivity (Wildman–Crippen MR) is 102 cm³/mol. The molecule has 140 valence electrons. The second-order valence-corrected chi connectivity index (χ2v) is 6.05. The first kappa shape index (κ1) is 19.5. The average molecular weight is 358 g/mol. The van der Waals surface area contributed by atoms with Gasteiger partial charge >= 0.3 is 0 Å². The van der Waals surface area contributed by atoms with Crippen molar-refractivity contribution in [2.75, 3.05) is 24.9 Å². The molecule has 0 aliphatic heterocycles. The van der Waals surface area contributed by atoms with E-state index in [9.17, 15) is 4.79 Å². The highest BCUT2D eigenvalue weighted by atomic mass is 16.5. The molecule has 0 saturated heterocycles. The van der Waals surface area contributed by atoms with Gasteiger partial charge in [-0.05, 0) is 17.5 Å². The summed E-state index contributed by atoms with van der Waals surface area (Å²) in [6.45, 7) is 4.61. The fourth-order valence-electron chi connectivity index (χ4n) is 2.32. The Bertz CT molecular complexity index is 714. The predicted octanol–water partition coefficient (Wildman–Crippen LogP) is 3.48. The zero-order valence-electron chi connectivity index (χ0n) is 15.7. The second-order valence-electron chi connectivity index (χ2n) is 6.05. The Morgan fingerprint density at radius 3 is 2.42 bits per heavy atom. The largest absolute Gasteiger partial charge is 0.481 e. The monoisotopic (exact) mass is 358 g/mol. The summed E-state index contributed by atoms with van der Waals surface area (Å²) in [7, 11) is 3.07. The summed E-state index contributed by atoms with van der Waals surface area (Å²) in [5, 5.41) is 6.13. The van der Waals surface area contributed by atoms with Gasteiger partial charge in [-0.2, -0.15) is 9.97 Å². The summed E-state index contributed by atoms with van der Waals surface area (Å²) in [5.41, 5.74) is 1.72. The van der Waals surface area contributed by atoms with Gasteiger partial charge in [0.1, 0.15) is 0 Å². The third-order valence-electron chi connectivity index (χ3n) is 4.06. The molecule has 26 heavy (non-hydrogen) atoms. The number of aromatic nitrogens is 2. The number of nitrogens with one attached hydrogen (secondary N) is 2. The summed E-state index contributed by atoms with van der Waals surface area (Å²) in [6.07, 6.45) is 1.49. The summed E-state index contributed by atoms with van der Waals surface area (Å²) < 4.78 is 10.3. The molecule has 1 aromatic carbocycles. The Morgan fingerprint density at radius 2 is 1.81 bits per heavy atom. The molecular formula is C19H26N4O3. The maximum absolute atomic E-state index is 12.2. The van der Waals surface area contributed by atoms with Gasteiger partial charge in [-0.25, -0.2) is 0 Å². The Kier molecular flexibility index (Phi) is 7.20. The van der Waals surface area contributed by atoms with E-state index in [-0.39, 0.29) is 5.91 Å². The number of benzene rings is 1. The van der Waals surface area contributed by atoms with Crippen LogP contribution in [-0.4, -0.2) is 30.1 Å². The lowest BCUT2D eigenvalue weighted by Gasteiger charge is -2.14. The Labute approximate surface area is 154 Å². The Hall–Kier alpha value is -2.83. The van der Waals surface area contributed by atoms with Gasteiger partial charge in [0, 0.05) is 18.7 Å². The van der Waals surface area contributed by atoms with Crippen molar-refractivity contribution in [3.63, 3.8) is 0 Å². The molecule has 7 heteroatoms. The first-order valence-electron chi connectivity index (χ1n) is 8.64. The molecular weight excluding hydrogens is 332 g/mol. The van der Waals surface area contributed by atoms with E-state index in [0.29, 0.717) is 36.6 Å². The fourth-order valence-corrected chi connectivity index (χ4v) is 2.32. The molecule has 1 atom stereocenters. The number of anilines is 2. The minimum absolute atomic E-state index is 0.0195. The van der Waals surface area contributed by atoms with Crippen molar-refractivity contribution >= 4 is 17.5 Å². The quantitative estimate of drug-likeness (QED) is 0.714. The van der Waals surface area contributed by atoms with Crippen LogP contribution in [0.2, 0.25) is 0 Å². The molecule has 1 heterocycles. The SMILES string of the molecule is CCC(C)CC(=O)Nc1ccccc1CNc1nc(OC)cc(OC)n1. The number of hydrogen-bond acceptors (Lipinski definition) is 6. The number of rotatable bonds is 9. The highest BCUT2D eigenvalue weighted by molar-refractivity contribution is 5.91. The molecule has 0 aliphatic carbocycles. The number of carbonyl (C=O) groups excluding carboxylic acids is 1. The van der Waals surface area contributed by atoms with Gasteiger partial charge < -0.3 is 20.1 Å². The Balaban J connectivity index is 2.07. The minimum atomic E-state index is 0.0195. The van der Waals surface area contributed by atoms with Crippen LogP contribution in [0.3, 0.4) is 0 Å². The molecule has 0 fully saturated rings. The van der Waals surface area contributed by atoms with Crippen molar-refractivity contribution in [2.45, 2.75) is 33.2 Å². The van der Waals surface area contributed by atoms with Crippen LogP contribution in [0.4, 0.5) is 11.6 Å². The fraction of sp³-hybridized carbons (Fsp3) is 0.421. The van der Waals surface area contributed by atoms with Gasteiger partial charge in [-0.3, -0.25) is 4.79 Å². The van der Waals surface area contributed by atoms with Crippen LogP contribution in [0, 0.1) is 5.92 Å². The van der Waals surface area contributed by atoms with Crippen molar-refractivity contribution in [1.29, 1.82) is 0 Å². The summed E-state index contributed by atoms with van der Waals surface area (Å²) in [6, 6.07) is 9.26. The first-order chi connectivity index (χ1) is 12.5. The first-order valence-corrected chi connectivity index (χ1v) is 8.64. The molecule has 1 unspecified atom stereocenters. The number of para-hydroxylation sites is 1. The van der Waals surface area contributed by atoms with E-state index in [2.05, 4.69) is 34.4 Å². The van der Waals surface area contributed by atoms with Gasteiger partial charge in [-0.1, -0.05) is 38.5 Å². The molecule has 2 N–H and O–H groups in total. The topological polar surface area (TPSA) is 85.4 Å². The number of ether oxygens (including phenoxy) is 2. The molecule has 0 aliphatic rings. The average Bonchev–Trinajstić information content (AvgIpc) is 2.66. The van der Waals surface area contributed by atoms with Crippen LogP contribution in [0.5, 0.6) is 11.8 Å². The summed E-state index contributed by atoms with van der Waals surface area (Å²) in [5.74, 6) is 1.59. The van der Waals surface area contributed by atoms with E-state index >= 15 is 0 Å². The molecule has 0 bridgehead atoms. The van der Waals surface area contributed by atoms with Gasteiger partial charge in [0.05, 0.1) is 20.3 Å². The van der Waals surface area contributed by atoms with Gasteiger partial charge in [0.15, 0.2) is 0 Å². The standard InChI is InChI=1S/C19H26N4O3/c1-5-13(2)10-16(24)21-15-9-7-6-8-14(15)12-20-19-22-17(25-3)11-18(23-19)26-4/h6-9,11,13H,5,10,12H2,1-4H3,(H,21,24)(H,20,22,23). The van der Waals surface area contributed by atoms with Gasteiger partial charge in [-0.15, -0.1) is 0 Å². The third kappa shape index (κ3) is 5.61. The van der Waals surface area contributed by atoms with E-state index in [1.54, 1.807) is 6.07 Å². The maximum atomic E-state index is 12.2. The van der Waals surface area contributed by atoms with E-state index in [0.717, 1.165) is 17.7 Å². The molecule has 0 saturated carbocycles. The summed E-state index contributed by atoms with van der Waals surface area (Å²) >= 11 is 0. The molecule has 0 spiro atoms. The van der Waals surface area contributed by atoms with Crippen LogP contribution in [-0.2, 0) is 11.3 Å². The maximum Gasteiger partial charge on any atom is 0.229 e. The minimum Gasteiger partial charge on any atom is -0.481 e. The van der Waals surface area contributed by atoms with Crippen molar-refractivity contribution in [1.82, 2.24) is 9.97 Å². The lowest BCUT2D eigenvalue weighted by Crippen LogP contribution is -2.16. The zero-order valence-corrected chi connectivity index (χ0v) is 15.7. The number of nitrogens with zero attached hydrogens (tertiary/aromatic N) is 2. The highest BCUT2D eigenvalue weighted by Crippen LogP contribution is 2.20. The molecule has 1 aromatic heterocycles.